The predicted molar refractivity (Wildman–Crippen MR) is 98.9 cm³/mol. The molecule has 0 aromatic heterocycles. The van der Waals surface area contributed by atoms with Crippen LogP contribution in [0.25, 0.3) is 0 Å². The summed E-state index contributed by atoms with van der Waals surface area (Å²) in [7, 11) is -8.56. The fourth-order valence-electron chi connectivity index (χ4n) is 1.66. The molecule has 0 saturated heterocycles. The SMILES string of the molecule is CCCOP(=O)(OCCC)[C@H](OS(=O)(=O)c1ccccc1)C(Cl)(Cl)Cl. The minimum Gasteiger partial charge on any atom is -0.307 e. The van der Waals surface area contributed by atoms with Gasteiger partial charge in [-0.05, 0) is 25.0 Å². The summed E-state index contributed by atoms with van der Waals surface area (Å²) < 4.78 is 51.1. The third-order valence-electron chi connectivity index (χ3n) is 2.77. The van der Waals surface area contributed by atoms with Crippen molar-refractivity contribution in [2.24, 2.45) is 0 Å². The Hall–Kier alpha value is 0.150. The Kier molecular flexibility index (Phi) is 9.19. The highest BCUT2D eigenvalue weighted by molar-refractivity contribution is 7.87. The van der Waals surface area contributed by atoms with Crippen LogP contribution in [0.2, 0.25) is 0 Å². The van der Waals surface area contributed by atoms with Gasteiger partial charge in [0.05, 0.1) is 18.1 Å². The Balaban J connectivity index is 3.24. The first kappa shape index (κ1) is 23.2. The lowest BCUT2D eigenvalue weighted by Crippen LogP contribution is -2.33. The lowest BCUT2D eigenvalue weighted by Gasteiger charge is -2.30. The summed E-state index contributed by atoms with van der Waals surface area (Å²) >= 11 is 17.5. The smallest absolute Gasteiger partial charge is 0.307 e. The number of halogens is 3. The van der Waals surface area contributed by atoms with Gasteiger partial charge >= 0.3 is 7.60 Å². The second kappa shape index (κ2) is 9.90. The van der Waals surface area contributed by atoms with Crippen LogP contribution < -0.4 is 0 Å². The molecular formula is C14H20Cl3O6PS. The molecule has 0 saturated carbocycles. The van der Waals surface area contributed by atoms with Gasteiger partial charge in [-0.3, -0.25) is 4.57 Å². The van der Waals surface area contributed by atoms with Crippen molar-refractivity contribution >= 4 is 52.5 Å². The molecule has 6 nitrogen and oxygen atoms in total. The van der Waals surface area contributed by atoms with Crippen molar-refractivity contribution < 1.29 is 26.2 Å². The Morgan fingerprint density at radius 1 is 1.04 bits per heavy atom. The number of benzene rings is 1. The van der Waals surface area contributed by atoms with Crippen molar-refractivity contribution in [3.63, 3.8) is 0 Å². The number of hydrogen-bond donors (Lipinski definition) is 0. The van der Waals surface area contributed by atoms with Crippen LogP contribution in [0.4, 0.5) is 0 Å². The molecule has 0 N–H and O–H groups in total. The minimum atomic E-state index is -4.36. The predicted octanol–water partition coefficient (Wildman–Crippen LogP) is 5.13. The molecule has 0 aliphatic heterocycles. The van der Waals surface area contributed by atoms with Crippen LogP contribution in [0, 0.1) is 0 Å². The monoisotopic (exact) mass is 452 g/mol. The topological polar surface area (TPSA) is 78.9 Å². The van der Waals surface area contributed by atoms with Gasteiger partial charge in [0.1, 0.15) is 0 Å². The molecule has 0 heterocycles. The van der Waals surface area contributed by atoms with Crippen LogP contribution in [0.3, 0.4) is 0 Å². The largest absolute Gasteiger partial charge is 0.365 e. The van der Waals surface area contributed by atoms with Gasteiger partial charge in [-0.25, -0.2) is 4.18 Å². The lowest BCUT2D eigenvalue weighted by atomic mass is 10.4. The van der Waals surface area contributed by atoms with E-state index in [9.17, 15) is 13.0 Å². The van der Waals surface area contributed by atoms with Crippen molar-refractivity contribution in [2.75, 3.05) is 13.2 Å². The van der Waals surface area contributed by atoms with Crippen molar-refractivity contribution in [3.05, 3.63) is 30.3 Å². The summed E-state index contributed by atoms with van der Waals surface area (Å²) in [5, 5.41) is 0. The molecule has 1 aromatic rings. The number of rotatable bonds is 10. The molecule has 0 aliphatic rings. The zero-order chi connectivity index (χ0) is 19.1. The van der Waals surface area contributed by atoms with Crippen LogP contribution in [-0.2, 0) is 27.9 Å². The van der Waals surface area contributed by atoms with Gasteiger partial charge in [-0.1, -0.05) is 66.8 Å². The number of alkyl halides is 3. The third-order valence-corrected chi connectivity index (χ3v) is 7.41. The Bertz CT molecular complexity index is 666. The molecule has 144 valence electrons. The first-order valence-corrected chi connectivity index (χ1v) is 11.7. The molecule has 1 aromatic carbocycles. The van der Waals surface area contributed by atoms with E-state index in [1.54, 1.807) is 19.9 Å². The summed E-state index contributed by atoms with van der Waals surface area (Å²) in [6, 6.07) is 7.23. The molecule has 0 aliphatic carbocycles. The van der Waals surface area contributed by atoms with Crippen molar-refractivity contribution in [1.29, 1.82) is 0 Å². The lowest BCUT2D eigenvalue weighted by molar-refractivity contribution is 0.155. The van der Waals surface area contributed by atoms with Crippen LogP contribution in [0.5, 0.6) is 0 Å². The summed E-state index contributed by atoms with van der Waals surface area (Å²) in [4.78, 5) is -0.174. The van der Waals surface area contributed by atoms with E-state index in [1.807, 2.05) is 0 Å². The molecule has 1 rings (SSSR count). The molecule has 1 atom stereocenters. The molecule has 0 bridgehead atoms. The van der Waals surface area contributed by atoms with Crippen LogP contribution >= 0.6 is 42.4 Å². The standard InChI is InChI=1S/C14H20Cl3O6PS/c1-3-10-21-24(18,22-11-4-2)13(14(15,16)17)23-25(19,20)12-8-6-5-7-9-12/h5-9,13H,3-4,10-11H2,1-2H3/t13-/m0/s1. The summed E-state index contributed by atoms with van der Waals surface area (Å²) in [6.07, 6.45) is 0.995. The van der Waals surface area contributed by atoms with Gasteiger partial charge in [-0.2, -0.15) is 8.42 Å². The molecule has 0 radical (unpaired) electrons. The van der Waals surface area contributed by atoms with Gasteiger partial charge < -0.3 is 9.05 Å². The first-order chi connectivity index (χ1) is 11.6. The molecule has 0 amide bonds. The zero-order valence-electron chi connectivity index (χ0n) is 13.7. The van der Waals surface area contributed by atoms with Crippen LogP contribution in [0.1, 0.15) is 26.7 Å². The normalized spacial score (nSPS) is 14.4. The van der Waals surface area contributed by atoms with E-state index in [0.29, 0.717) is 12.8 Å². The van der Waals surface area contributed by atoms with Gasteiger partial charge in [0.15, 0.2) is 0 Å². The highest BCUT2D eigenvalue weighted by Gasteiger charge is 2.52. The molecular weight excluding hydrogens is 434 g/mol. The van der Waals surface area contributed by atoms with Gasteiger partial charge in [0.2, 0.25) is 9.64 Å². The minimum absolute atomic E-state index is 0.0208. The molecule has 25 heavy (non-hydrogen) atoms. The highest BCUT2D eigenvalue weighted by atomic mass is 35.6. The van der Waals surface area contributed by atoms with E-state index in [-0.39, 0.29) is 18.1 Å². The Morgan fingerprint density at radius 3 is 1.92 bits per heavy atom. The van der Waals surface area contributed by atoms with E-state index in [1.165, 1.54) is 24.3 Å². The summed E-state index contributed by atoms with van der Waals surface area (Å²) in [5.74, 6) is -1.95. The zero-order valence-corrected chi connectivity index (χ0v) is 17.7. The second-order valence-electron chi connectivity index (χ2n) is 4.96. The van der Waals surface area contributed by atoms with Gasteiger partial charge in [0.25, 0.3) is 10.1 Å². The van der Waals surface area contributed by atoms with Crippen molar-refractivity contribution in [1.82, 2.24) is 0 Å². The van der Waals surface area contributed by atoms with Crippen LogP contribution in [-0.4, -0.2) is 31.3 Å². The van der Waals surface area contributed by atoms with E-state index < -0.39 is 27.4 Å². The summed E-state index contributed by atoms with van der Waals surface area (Å²) in [6.45, 7) is 3.59. The van der Waals surface area contributed by atoms with Gasteiger partial charge in [-0.15, -0.1) is 0 Å². The average molecular weight is 454 g/mol. The Morgan fingerprint density at radius 2 is 1.52 bits per heavy atom. The maximum atomic E-state index is 13.1. The average Bonchev–Trinajstić information content (AvgIpc) is 2.56. The second-order valence-corrected chi connectivity index (χ2v) is 11.0. The summed E-state index contributed by atoms with van der Waals surface area (Å²) in [5.41, 5.74) is 0. The molecule has 0 unspecified atom stereocenters. The van der Waals surface area contributed by atoms with Crippen molar-refractivity contribution in [2.45, 2.75) is 41.2 Å². The van der Waals surface area contributed by atoms with Gasteiger partial charge in [0, 0.05) is 0 Å². The number of hydrogen-bond acceptors (Lipinski definition) is 6. The molecule has 11 heteroatoms. The van der Waals surface area contributed by atoms with Crippen molar-refractivity contribution in [3.8, 4) is 0 Å². The fraction of sp³-hybridized carbons (Fsp3) is 0.571. The van der Waals surface area contributed by atoms with Crippen LogP contribution in [0.15, 0.2) is 35.2 Å². The van der Waals surface area contributed by atoms with E-state index in [0.717, 1.165) is 0 Å². The van der Waals surface area contributed by atoms with E-state index >= 15 is 0 Å². The van der Waals surface area contributed by atoms with E-state index in [2.05, 4.69) is 0 Å². The Labute approximate surface area is 163 Å². The third kappa shape index (κ3) is 7.00. The van der Waals surface area contributed by atoms with E-state index in [4.69, 9.17) is 48.0 Å². The maximum Gasteiger partial charge on any atom is 0.365 e. The maximum absolute atomic E-state index is 13.1. The molecule has 0 spiro atoms. The molecule has 0 fully saturated rings. The highest BCUT2D eigenvalue weighted by Crippen LogP contribution is 2.61. The fourth-order valence-corrected chi connectivity index (χ4v) is 6.35. The quantitative estimate of drug-likeness (QED) is 0.277. The first-order valence-electron chi connectivity index (χ1n) is 7.50.